The van der Waals surface area contributed by atoms with E-state index in [0.29, 0.717) is 18.7 Å². The Morgan fingerprint density at radius 1 is 1.58 bits per heavy atom. The van der Waals surface area contributed by atoms with Crippen LogP contribution in [0.5, 0.6) is 0 Å². The number of Topliss-reactive ketones (excluding diaryl/α,β-unsaturated/α-hetero) is 1. The summed E-state index contributed by atoms with van der Waals surface area (Å²) in [5.74, 6) is 0.0681. The molecule has 3 nitrogen and oxygen atoms in total. The van der Waals surface area contributed by atoms with E-state index in [9.17, 15) is 4.79 Å². The molecule has 3 heteroatoms. The van der Waals surface area contributed by atoms with Crippen molar-refractivity contribution in [2.75, 3.05) is 0 Å². The molecule has 0 radical (unpaired) electrons. The summed E-state index contributed by atoms with van der Waals surface area (Å²) < 4.78 is 0. The number of aromatic nitrogens is 1. The molecule has 0 aliphatic carbocycles. The lowest BCUT2D eigenvalue weighted by molar-refractivity contribution is 0.0983. The third-order valence-corrected chi connectivity index (χ3v) is 1.67. The van der Waals surface area contributed by atoms with Crippen LogP contribution in [0, 0.1) is 0 Å². The Kier molecular flexibility index (Phi) is 2.94. The summed E-state index contributed by atoms with van der Waals surface area (Å²) in [6.07, 6.45) is 2.14. The van der Waals surface area contributed by atoms with Crippen molar-refractivity contribution in [2.45, 2.75) is 19.9 Å². The molecule has 0 saturated carbocycles. The molecule has 12 heavy (non-hydrogen) atoms. The summed E-state index contributed by atoms with van der Waals surface area (Å²) in [5.41, 5.74) is 6.85. The van der Waals surface area contributed by atoms with Crippen molar-refractivity contribution < 1.29 is 4.79 Å². The van der Waals surface area contributed by atoms with Gasteiger partial charge < -0.3 is 5.73 Å². The molecule has 0 bridgehead atoms. The van der Waals surface area contributed by atoms with Crippen molar-refractivity contribution in [2.24, 2.45) is 5.73 Å². The Morgan fingerprint density at radius 3 is 2.75 bits per heavy atom. The van der Waals surface area contributed by atoms with Crippen LogP contribution in [0.4, 0.5) is 0 Å². The average Bonchev–Trinajstić information content (AvgIpc) is 2.17. The molecule has 0 aliphatic rings. The van der Waals surface area contributed by atoms with Crippen LogP contribution in [-0.2, 0) is 6.54 Å². The maximum absolute atomic E-state index is 11.1. The fourth-order valence-corrected chi connectivity index (χ4v) is 0.891. The van der Waals surface area contributed by atoms with Gasteiger partial charge in [0.1, 0.15) is 5.69 Å². The monoisotopic (exact) mass is 164 g/mol. The minimum Gasteiger partial charge on any atom is -0.326 e. The van der Waals surface area contributed by atoms with Crippen molar-refractivity contribution in [1.29, 1.82) is 0 Å². The molecule has 0 fully saturated rings. The van der Waals surface area contributed by atoms with E-state index < -0.39 is 0 Å². The number of nitrogens with zero attached hydrogens (tertiary/aromatic N) is 1. The lowest BCUT2D eigenvalue weighted by Crippen LogP contribution is -2.02. The number of ketones is 1. The highest BCUT2D eigenvalue weighted by molar-refractivity contribution is 5.93. The molecular formula is C9H12N2O. The quantitative estimate of drug-likeness (QED) is 0.681. The molecule has 0 saturated heterocycles. The van der Waals surface area contributed by atoms with Crippen molar-refractivity contribution in [3.05, 3.63) is 29.6 Å². The number of pyridine rings is 1. The van der Waals surface area contributed by atoms with Crippen molar-refractivity contribution in [3.63, 3.8) is 0 Å². The number of rotatable bonds is 3. The van der Waals surface area contributed by atoms with Crippen LogP contribution in [-0.4, -0.2) is 10.8 Å². The second-order valence-corrected chi connectivity index (χ2v) is 2.53. The molecule has 0 unspecified atom stereocenters. The Balaban J connectivity index is 2.84. The zero-order chi connectivity index (χ0) is 8.97. The highest BCUT2D eigenvalue weighted by atomic mass is 16.1. The maximum atomic E-state index is 11.1. The normalized spacial score (nSPS) is 9.83. The van der Waals surface area contributed by atoms with Gasteiger partial charge in [0.2, 0.25) is 0 Å². The molecule has 0 aromatic carbocycles. The van der Waals surface area contributed by atoms with E-state index in [1.807, 2.05) is 13.0 Å². The van der Waals surface area contributed by atoms with Gasteiger partial charge in [0.25, 0.3) is 0 Å². The number of hydrogen-bond acceptors (Lipinski definition) is 3. The fraction of sp³-hybridized carbons (Fsp3) is 0.333. The van der Waals surface area contributed by atoms with Gasteiger partial charge in [-0.3, -0.25) is 9.78 Å². The van der Waals surface area contributed by atoms with E-state index >= 15 is 0 Å². The minimum absolute atomic E-state index is 0.0681. The van der Waals surface area contributed by atoms with Crippen LogP contribution in [0.3, 0.4) is 0 Å². The second kappa shape index (κ2) is 3.97. The zero-order valence-corrected chi connectivity index (χ0v) is 7.08. The molecule has 2 N–H and O–H groups in total. The highest BCUT2D eigenvalue weighted by Crippen LogP contribution is 2.01. The topological polar surface area (TPSA) is 56.0 Å². The zero-order valence-electron chi connectivity index (χ0n) is 7.08. The number of hydrogen-bond donors (Lipinski definition) is 1. The van der Waals surface area contributed by atoms with Crippen LogP contribution >= 0.6 is 0 Å². The molecule has 0 atom stereocenters. The van der Waals surface area contributed by atoms with E-state index in [-0.39, 0.29) is 5.78 Å². The first-order chi connectivity index (χ1) is 5.77. The Bertz CT molecular complexity index is 266. The van der Waals surface area contributed by atoms with Crippen LogP contribution in [0.1, 0.15) is 29.4 Å². The Hall–Kier alpha value is -1.22. The van der Waals surface area contributed by atoms with Crippen LogP contribution in [0.2, 0.25) is 0 Å². The van der Waals surface area contributed by atoms with Gasteiger partial charge in [-0.2, -0.15) is 0 Å². The first-order valence-corrected chi connectivity index (χ1v) is 3.96. The standard InChI is InChI=1S/C9H12N2O/c1-2-9(12)8-4-3-7(5-10)6-11-8/h3-4,6H,2,5,10H2,1H3. The molecule has 1 heterocycles. The molecule has 0 amide bonds. The second-order valence-electron chi connectivity index (χ2n) is 2.53. The smallest absolute Gasteiger partial charge is 0.180 e. The van der Waals surface area contributed by atoms with E-state index in [2.05, 4.69) is 4.98 Å². The van der Waals surface area contributed by atoms with Gasteiger partial charge in [0, 0.05) is 19.2 Å². The highest BCUT2D eigenvalue weighted by Gasteiger charge is 2.02. The Labute approximate surface area is 71.6 Å². The van der Waals surface area contributed by atoms with Gasteiger partial charge in [-0.15, -0.1) is 0 Å². The van der Waals surface area contributed by atoms with E-state index in [4.69, 9.17) is 5.73 Å². The number of carbonyl (C=O) groups is 1. The van der Waals surface area contributed by atoms with E-state index in [0.717, 1.165) is 5.56 Å². The minimum atomic E-state index is 0.0681. The van der Waals surface area contributed by atoms with Crippen molar-refractivity contribution >= 4 is 5.78 Å². The average molecular weight is 164 g/mol. The summed E-state index contributed by atoms with van der Waals surface area (Å²) in [6.45, 7) is 2.29. The van der Waals surface area contributed by atoms with Crippen LogP contribution in [0.25, 0.3) is 0 Å². The molecule has 1 aromatic rings. The Morgan fingerprint density at radius 2 is 2.33 bits per heavy atom. The first-order valence-electron chi connectivity index (χ1n) is 3.96. The summed E-state index contributed by atoms with van der Waals surface area (Å²) in [4.78, 5) is 15.1. The van der Waals surface area contributed by atoms with Gasteiger partial charge in [0.05, 0.1) is 0 Å². The molecule has 64 valence electrons. The predicted octanol–water partition coefficient (Wildman–Crippen LogP) is 1.13. The molecule has 0 spiro atoms. The predicted molar refractivity (Wildman–Crippen MR) is 46.7 cm³/mol. The molecule has 0 aliphatic heterocycles. The summed E-state index contributed by atoms with van der Waals surface area (Å²) >= 11 is 0. The summed E-state index contributed by atoms with van der Waals surface area (Å²) in [6, 6.07) is 3.55. The first kappa shape index (κ1) is 8.87. The maximum Gasteiger partial charge on any atom is 0.180 e. The number of nitrogens with two attached hydrogens (primary N) is 1. The number of carbonyl (C=O) groups excluding carboxylic acids is 1. The van der Waals surface area contributed by atoms with Gasteiger partial charge in [0.15, 0.2) is 5.78 Å². The fourth-order valence-electron chi connectivity index (χ4n) is 0.891. The third-order valence-electron chi connectivity index (χ3n) is 1.67. The van der Waals surface area contributed by atoms with E-state index in [1.165, 1.54) is 0 Å². The van der Waals surface area contributed by atoms with Gasteiger partial charge in [-0.1, -0.05) is 13.0 Å². The van der Waals surface area contributed by atoms with Crippen LogP contribution in [0.15, 0.2) is 18.3 Å². The molecule has 1 rings (SSSR count). The van der Waals surface area contributed by atoms with Crippen molar-refractivity contribution in [1.82, 2.24) is 4.98 Å². The van der Waals surface area contributed by atoms with Crippen LogP contribution < -0.4 is 5.73 Å². The summed E-state index contributed by atoms with van der Waals surface area (Å²) in [7, 11) is 0. The largest absolute Gasteiger partial charge is 0.326 e. The molecule has 1 aromatic heterocycles. The molecular weight excluding hydrogens is 152 g/mol. The van der Waals surface area contributed by atoms with Gasteiger partial charge >= 0.3 is 0 Å². The van der Waals surface area contributed by atoms with Gasteiger partial charge in [-0.05, 0) is 11.6 Å². The SMILES string of the molecule is CCC(=O)c1ccc(CN)cn1. The van der Waals surface area contributed by atoms with E-state index in [1.54, 1.807) is 12.3 Å². The van der Waals surface area contributed by atoms with Gasteiger partial charge in [-0.25, -0.2) is 0 Å². The van der Waals surface area contributed by atoms with Crippen molar-refractivity contribution in [3.8, 4) is 0 Å². The lowest BCUT2D eigenvalue weighted by Gasteiger charge is -1.98. The third kappa shape index (κ3) is 1.89. The summed E-state index contributed by atoms with van der Waals surface area (Å²) in [5, 5.41) is 0. The lowest BCUT2D eigenvalue weighted by atomic mass is 10.2.